The lowest BCUT2D eigenvalue weighted by Gasteiger charge is -2.38. The molecule has 6 atom stereocenters. The second kappa shape index (κ2) is 12.2. The summed E-state index contributed by atoms with van der Waals surface area (Å²) in [7, 11) is 0. The zero-order chi connectivity index (χ0) is 30.1. The Kier molecular flexibility index (Phi) is 8.38. The third-order valence-corrected chi connectivity index (χ3v) is 11.0. The molecule has 226 valence electrons. The van der Waals surface area contributed by atoms with Gasteiger partial charge in [-0.15, -0.1) is 11.8 Å². The minimum atomic E-state index is -0.975. The molecule has 0 bridgehead atoms. The number of esters is 1. The molecule has 0 radical (unpaired) electrons. The molecule has 4 aliphatic heterocycles. The number of hydrogen-bond donors (Lipinski definition) is 1. The maximum Gasteiger partial charge on any atom is 0.311 e. The second-order valence-electron chi connectivity index (χ2n) is 11.5. The zero-order valence-corrected chi connectivity index (χ0v) is 25.5. The van der Waals surface area contributed by atoms with Crippen LogP contribution in [0.3, 0.4) is 0 Å². The number of nitrogens with zero attached hydrogens (tertiary/aromatic N) is 3. The third-order valence-electron chi connectivity index (χ3n) is 9.27. The molecule has 2 saturated heterocycles. The van der Waals surface area contributed by atoms with E-state index in [4.69, 9.17) is 4.74 Å². The molecular formula is C34H39N3O5S. The Labute approximate surface area is 257 Å². The molecule has 1 unspecified atom stereocenters. The van der Waals surface area contributed by atoms with E-state index in [0.717, 1.165) is 30.0 Å². The van der Waals surface area contributed by atoms with Crippen molar-refractivity contribution in [1.29, 1.82) is 0 Å². The molecule has 0 saturated carbocycles. The Morgan fingerprint density at radius 3 is 2.47 bits per heavy atom. The Morgan fingerprint density at radius 2 is 1.77 bits per heavy atom. The lowest BCUT2D eigenvalue weighted by atomic mass is 9.78. The fourth-order valence-corrected chi connectivity index (χ4v) is 9.23. The van der Waals surface area contributed by atoms with E-state index in [1.807, 2.05) is 78.9 Å². The number of aliphatic hydroxyl groups excluding tert-OH is 1. The van der Waals surface area contributed by atoms with Gasteiger partial charge >= 0.3 is 5.97 Å². The average molecular weight is 602 g/mol. The van der Waals surface area contributed by atoms with Crippen molar-refractivity contribution < 1.29 is 24.2 Å². The van der Waals surface area contributed by atoms with Crippen molar-refractivity contribution in [2.45, 2.75) is 48.8 Å². The number of aliphatic hydroxyl groups is 1. The van der Waals surface area contributed by atoms with Gasteiger partial charge in [0.15, 0.2) is 0 Å². The van der Waals surface area contributed by atoms with Crippen molar-refractivity contribution in [2.24, 2.45) is 11.8 Å². The molecule has 1 spiro atoms. The summed E-state index contributed by atoms with van der Waals surface area (Å²) in [6.07, 6.45) is 8.98. The molecule has 0 aliphatic carbocycles. The molecule has 43 heavy (non-hydrogen) atoms. The molecule has 2 amide bonds. The van der Waals surface area contributed by atoms with Crippen LogP contribution < -0.4 is 9.80 Å². The van der Waals surface area contributed by atoms with E-state index < -0.39 is 34.6 Å². The van der Waals surface area contributed by atoms with E-state index >= 15 is 0 Å². The molecule has 8 nitrogen and oxygen atoms in total. The highest BCUT2D eigenvalue weighted by Gasteiger charge is 2.71. The zero-order valence-electron chi connectivity index (χ0n) is 24.7. The number of likely N-dealkylation sites (tertiary alicyclic amines) is 1. The number of anilines is 2. The topological polar surface area (TPSA) is 90.4 Å². The summed E-state index contributed by atoms with van der Waals surface area (Å²) in [5, 5.41) is 10.4. The number of cyclic esters (lactones) is 1. The number of carbonyl (C=O) groups excluding carboxylic acids is 3. The molecule has 4 aliphatic rings. The van der Waals surface area contributed by atoms with Gasteiger partial charge in [0.2, 0.25) is 5.91 Å². The van der Waals surface area contributed by atoms with Crippen LogP contribution in [0.15, 0.2) is 78.9 Å². The predicted molar refractivity (Wildman–Crippen MR) is 169 cm³/mol. The SMILES string of the molecule is CCN(CC)c1ccc(N2CC=C[C@]34S[C@@H]5C=CCCOC(=O)[C@@H]5[C@H]3C(=O)N([C@@H](CO)Cc3ccccc3)C4C2=O)cc1. The smallest absolute Gasteiger partial charge is 0.311 e. The molecule has 0 aromatic heterocycles. The summed E-state index contributed by atoms with van der Waals surface area (Å²) in [6, 6.07) is 16.1. The first-order valence-corrected chi connectivity index (χ1v) is 16.1. The number of thioether (sulfide) groups is 1. The van der Waals surface area contributed by atoms with Crippen LogP contribution in [0.5, 0.6) is 0 Å². The van der Waals surface area contributed by atoms with Crippen molar-refractivity contribution in [1.82, 2.24) is 4.90 Å². The van der Waals surface area contributed by atoms with E-state index in [-0.39, 0.29) is 30.3 Å². The van der Waals surface area contributed by atoms with Gasteiger partial charge in [0.1, 0.15) is 6.04 Å². The molecule has 2 aromatic carbocycles. The van der Waals surface area contributed by atoms with Gasteiger partial charge < -0.3 is 24.5 Å². The first kappa shape index (κ1) is 29.5. The maximum absolute atomic E-state index is 14.8. The summed E-state index contributed by atoms with van der Waals surface area (Å²) in [5.74, 6) is -2.37. The highest BCUT2D eigenvalue weighted by atomic mass is 32.2. The number of ether oxygens (including phenoxy) is 1. The van der Waals surface area contributed by atoms with Gasteiger partial charge in [-0.1, -0.05) is 54.6 Å². The Morgan fingerprint density at radius 1 is 1.02 bits per heavy atom. The average Bonchev–Trinajstić information content (AvgIpc) is 3.40. The van der Waals surface area contributed by atoms with Gasteiger partial charge in [0, 0.05) is 36.3 Å². The fourth-order valence-electron chi connectivity index (χ4n) is 7.24. The highest BCUT2D eigenvalue weighted by Crippen LogP contribution is 2.61. The summed E-state index contributed by atoms with van der Waals surface area (Å²) in [5.41, 5.74) is 2.78. The minimum Gasteiger partial charge on any atom is -0.465 e. The number of rotatable bonds is 8. The monoisotopic (exact) mass is 601 g/mol. The van der Waals surface area contributed by atoms with Crippen LogP contribution in [0.4, 0.5) is 11.4 Å². The second-order valence-corrected chi connectivity index (χ2v) is 13.0. The number of hydrogen-bond acceptors (Lipinski definition) is 7. The van der Waals surface area contributed by atoms with Crippen LogP contribution in [0.25, 0.3) is 0 Å². The van der Waals surface area contributed by atoms with Crippen LogP contribution in [-0.2, 0) is 25.5 Å². The molecule has 4 heterocycles. The third kappa shape index (κ3) is 5.06. The Bertz CT molecular complexity index is 1410. The number of fused-ring (bicyclic) bond motifs is 2. The van der Waals surface area contributed by atoms with Crippen molar-refractivity contribution in [3.63, 3.8) is 0 Å². The van der Waals surface area contributed by atoms with Crippen LogP contribution in [0, 0.1) is 11.8 Å². The molecule has 2 fully saturated rings. The van der Waals surface area contributed by atoms with Gasteiger partial charge in [-0.3, -0.25) is 14.4 Å². The maximum atomic E-state index is 14.8. The fraction of sp³-hybridized carbons (Fsp3) is 0.441. The molecule has 6 rings (SSSR count). The Balaban J connectivity index is 1.43. The molecule has 2 aromatic rings. The largest absolute Gasteiger partial charge is 0.465 e. The lowest BCUT2D eigenvalue weighted by Crippen LogP contribution is -2.57. The molecule has 9 heteroatoms. The van der Waals surface area contributed by atoms with Crippen molar-refractivity contribution in [3.8, 4) is 0 Å². The minimum absolute atomic E-state index is 0.206. The van der Waals surface area contributed by atoms with Crippen molar-refractivity contribution >= 4 is 40.9 Å². The number of benzene rings is 2. The van der Waals surface area contributed by atoms with E-state index in [1.54, 1.807) is 9.80 Å². The highest BCUT2D eigenvalue weighted by molar-refractivity contribution is 8.02. The van der Waals surface area contributed by atoms with Crippen LogP contribution in [0.2, 0.25) is 0 Å². The van der Waals surface area contributed by atoms with Crippen LogP contribution in [0.1, 0.15) is 25.8 Å². The van der Waals surface area contributed by atoms with Crippen molar-refractivity contribution in [3.05, 3.63) is 84.5 Å². The van der Waals surface area contributed by atoms with E-state index in [0.29, 0.717) is 19.4 Å². The van der Waals surface area contributed by atoms with Crippen LogP contribution in [-0.4, -0.2) is 82.7 Å². The summed E-state index contributed by atoms with van der Waals surface area (Å²) >= 11 is 1.52. The van der Waals surface area contributed by atoms with Gasteiger partial charge in [0.25, 0.3) is 5.91 Å². The number of amides is 2. The predicted octanol–water partition coefficient (Wildman–Crippen LogP) is 3.84. The normalized spacial score (nSPS) is 28.9. The quantitative estimate of drug-likeness (QED) is 0.363. The standard InChI is InChI=1S/C34H39N3O5S/c1-3-35(4-2)24-14-16-25(17-15-24)36-19-10-18-34-29(28-27(43-34)13-8-9-20-42-33(28)41)31(39)37(30(34)32(36)40)26(22-38)21-23-11-6-5-7-12-23/h5-8,10-18,26-30,38H,3-4,9,19-22H2,1-2H3/t26-,27-,28+,29+,30?,34+/m1/s1. The lowest BCUT2D eigenvalue weighted by molar-refractivity contribution is -0.153. The van der Waals surface area contributed by atoms with Crippen molar-refractivity contribution in [2.75, 3.05) is 42.6 Å². The molecular weight excluding hydrogens is 562 g/mol. The van der Waals surface area contributed by atoms with E-state index in [9.17, 15) is 19.5 Å². The van der Waals surface area contributed by atoms with E-state index in [2.05, 4.69) is 18.7 Å². The van der Waals surface area contributed by atoms with Gasteiger partial charge in [-0.05, 0) is 56.5 Å². The van der Waals surface area contributed by atoms with E-state index in [1.165, 1.54) is 11.8 Å². The first-order chi connectivity index (χ1) is 20.9. The van der Waals surface area contributed by atoms with Crippen LogP contribution >= 0.6 is 11.8 Å². The van der Waals surface area contributed by atoms with Gasteiger partial charge in [-0.2, -0.15) is 0 Å². The summed E-state index contributed by atoms with van der Waals surface area (Å²) in [6.45, 7) is 6.29. The van der Waals surface area contributed by atoms with Gasteiger partial charge in [-0.25, -0.2) is 0 Å². The Hall–Kier alpha value is -3.56. The molecule has 1 N–H and O–H groups in total. The summed E-state index contributed by atoms with van der Waals surface area (Å²) in [4.78, 5) is 48.4. The number of carbonyl (C=O) groups is 3. The summed E-state index contributed by atoms with van der Waals surface area (Å²) < 4.78 is 4.62. The first-order valence-electron chi connectivity index (χ1n) is 15.3. The van der Waals surface area contributed by atoms with Gasteiger partial charge in [0.05, 0.1) is 35.8 Å².